The molecule has 8 nitrogen and oxygen atoms in total. The molecule has 0 fully saturated rings. The number of hydrogen-bond donors (Lipinski definition) is 2. The zero-order chi connectivity index (χ0) is 80.8. The van der Waals surface area contributed by atoms with E-state index >= 15 is 4.79 Å². The number of rotatable bonds is 86. The van der Waals surface area contributed by atoms with E-state index < -0.39 is 16.8 Å². The summed E-state index contributed by atoms with van der Waals surface area (Å²) in [5.41, 5.74) is -1.76. The molecule has 0 saturated carbocycles. The van der Waals surface area contributed by atoms with Gasteiger partial charge in [-0.3, -0.25) is 14.4 Å². The largest absolute Gasteiger partial charge is 0.481 e. The van der Waals surface area contributed by atoms with Gasteiger partial charge in [0.25, 0.3) is 0 Å². The number of unbranched alkanes of at least 4 members (excludes halogenated alkanes) is 45. The summed E-state index contributed by atoms with van der Waals surface area (Å²) in [5.74, 6) is 1.46. The van der Waals surface area contributed by atoms with E-state index in [4.69, 9.17) is 9.47 Å². The first kappa shape index (κ1) is 107. The third-order valence-electron chi connectivity index (χ3n) is 27.9. The lowest BCUT2D eigenvalue weighted by atomic mass is 9.29. The molecule has 0 aliphatic carbocycles. The highest BCUT2D eigenvalue weighted by molar-refractivity contribution is 5.78. The van der Waals surface area contributed by atoms with Crippen LogP contribution in [0.1, 0.15) is 521 Å². The molecule has 0 aromatic carbocycles. The third-order valence-corrected chi connectivity index (χ3v) is 27.9. The van der Waals surface area contributed by atoms with Crippen molar-refractivity contribution >= 4 is 17.8 Å². The van der Waals surface area contributed by atoms with Gasteiger partial charge in [-0.2, -0.15) is 0 Å². The van der Waals surface area contributed by atoms with Gasteiger partial charge in [-0.15, -0.1) is 0 Å². The molecule has 0 saturated heterocycles. The van der Waals surface area contributed by atoms with Gasteiger partial charge < -0.3 is 24.8 Å². The molecular weight excluding hydrogens is 1340 g/mol. The second kappa shape index (κ2) is 73.9. The lowest BCUT2D eigenvalue weighted by molar-refractivity contribution is -0.278. The van der Waals surface area contributed by atoms with Crippen molar-refractivity contribution in [2.24, 2.45) is 63.6 Å². The summed E-state index contributed by atoms with van der Waals surface area (Å²) in [6, 6.07) is 0. The number of hydrogen-bond acceptors (Lipinski definition) is 6. The van der Waals surface area contributed by atoms with Crippen LogP contribution in [-0.4, -0.2) is 74.4 Å². The summed E-state index contributed by atoms with van der Waals surface area (Å²) >= 11 is 0. The first-order valence-electron chi connectivity index (χ1n) is 49.9. The van der Waals surface area contributed by atoms with E-state index in [2.05, 4.69) is 114 Å². The number of nitrogens with one attached hydrogen (secondary N) is 1. The van der Waals surface area contributed by atoms with Gasteiger partial charge in [0.1, 0.15) is 6.61 Å². The number of carboxylic acid groups (broad SMARTS) is 1. The third kappa shape index (κ3) is 45.0. The molecule has 650 valence electrons. The second-order valence-electron chi connectivity index (χ2n) is 36.8. The minimum Gasteiger partial charge on any atom is -0.481 e. The molecule has 0 rings (SSSR count). The van der Waals surface area contributed by atoms with Crippen molar-refractivity contribution in [3.63, 3.8) is 0 Å². The molecule has 0 spiro atoms. The van der Waals surface area contributed by atoms with Gasteiger partial charge in [-0.1, -0.05) is 463 Å². The minimum atomic E-state index is -0.960. The van der Waals surface area contributed by atoms with E-state index in [1.165, 1.54) is 308 Å². The van der Waals surface area contributed by atoms with Gasteiger partial charge in [0, 0.05) is 20.1 Å². The first-order valence-corrected chi connectivity index (χ1v) is 49.9. The normalized spacial score (nSPS) is 15.9. The average molecular weight is 1540 g/mol. The van der Waals surface area contributed by atoms with Crippen LogP contribution in [-0.2, 0) is 23.9 Å². The molecule has 0 aliphatic heterocycles. The van der Waals surface area contributed by atoms with Crippen LogP contribution >= 0.6 is 0 Å². The summed E-state index contributed by atoms with van der Waals surface area (Å²) in [7, 11) is 1.61. The Morgan fingerprint density at radius 1 is 0.330 bits per heavy atom. The van der Waals surface area contributed by atoms with E-state index in [1.54, 1.807) is 7.11 Å². The van der Waals surface area contributed by atoms with Crippen LogP contribution < -0.4 is 5.32 Å². The fourth-order valence-electron chi connectivity index (χ4n) is 22.0. The Balaban J connectivity index is 9.67. The van der Waals surface area contributed by atoms with Crippen LogP contribution in [0.15, 0.2) is 0 Å². The average Bonchev–Trinajstić information content (AvgIpc) is 0.668. The number of esters is 1. The number of nitrogens with zero attached hydrogens (tertiary/aromatic N) is 1. The number of carboxylic acids is 1. The van der Waals surface area contributed by atoms with E-state index in [0.717, 1.165) is 122 Å². The molecule has 2 N–H and O–H groups in total. The van der Waals surface area contributed by atoms with E-state index in [9.17, 15) is 14.7 Å². The van der Waals surface area contributed by atoms with Crippen molar-refractivity contribution in [1.29, 1.82) is 0 Å². The summed E-state index contributed by atoms with van der Waals surface area (Å²) in [4.78, 5) is 45.9. The molecule has 0 aliphatic rings. The zero-order valence-electron chi connectivity index (χ0n) is 77.3. The Hall–Kier alpha value is -1.67. The maximum Gasteiger partial charge on any atom is 0.310 e. The van der Waals surface area contributed by atoms with Crippen LogP contribution in [0, 0.1) is 63.6 Å². The van der Waals surface area contributed by atoms with Gasteiger partial charge >= 0.3 is 11.9 Å². The lowest BCUT2D eigenvalue weighted by Gasteiger charge is -2.74. The molecule has 8 heteroatoms. The maximum atomic E-state index is 17.3. The molecule has 0 aromatic rings. The summed E-state index contributed by atoms with van der Waals surface area (Å²) in [5, 5.41) is 17.4. The van der Waals surface area contributed by atoms with Crippen LogP contribution in [0.5, 0.6) is 0 Å². The van der Waals surface area contributed by atoms with Gasteiger partial charge in [0.2, 0.25) is 5.91 Å². The molecular formula is C101H200N2O6. The molecule has 109 heavy (non-hydrogen) atoms. The van der Waals surface area contributed by atoms with Crippen LogP contribution in [0.2, 0.25) is 0 Å². The topological polar surface area (TPSA) is 105 Å². The summed E-state index contributed by atoms with van der Waals surface area (Å²) < 4.78 is 11.0. The van der Waals surface area contributed by atoms with E-state index in [1.807, 2.05) is 0 Å². The lowest BCUT2D eigenvalue weighted by Crippen LogP contribution is -2.73. The fraction of sp³-hybridized carbons (Fsp3) is 0.970. The van der Waals surface area contributed by atoms with E-state index in [-0.39, 0.29) is 47.6 Å². The number of carbonyl (C=O) groups is 3. The second-order valence-corrected chi connectivity index (χ2v) is 36.8. The highest BCUT2D eigenvalue weighted by Gasteiger charge is 2.75. The van der Waals surface area contributed by atoms with Gasteiger partial charge in [0.15, 0.2) is 0 Å². The first-order chi connectivity index (χ1) is 53.0. The molecule has 8 atom stereocenters. The molecule has 0 aromatic heterocycles. The number of amides is 1. The maximum absolute atomic E-state index is 17.3. The SMILES string of the molecule is CCCCCCCCCOC(=O)CCCCCCCN(CCCNC(=O)COC)CCCC(C(C)CCCCCCCC)C(C(C)CCCCCCCC)(C(C)CCCCCCCC)C(C(C)CCCCCCCC)(C(C)CCCCCCCC)C(C(=O)O)(C(C)CCCCCCCC)C(C)CCCCCCCC. The Bertz CT molecular complexity index is 1910. The van der Waals surface area contributed by atoms with Crippen LogP contribution in [0.4, 0.5) is 0 Å². The molecule has 8 unspecified atom stereocenters. The van der Waals surface area contributed by atoms with Crippen molar-refractivity contribution in [3.8, 4) is 0 Å². The monoisotopic (exact) mass is 1540 g/mol. The van der Waals surface area contributed by atoms with Crippen molar-refractivity contribution in [3.05, 3.63) is 0 Å². The van der Waals surface area contributed by atoms with Crippen molar-refractivity contribution < 1.29 is 29.0 Å². The zero-order valence-corrected chi connectivity index (χ0v) is 77.3. The van der Waals surface area contributed by atoms with Crippen LogP contribution in [0.3, 0.4) is 0 Å². The number of ether oxygens (including phenoxy) is 2. The quantitative estimate of drug-likeness (QED) is 0.0462. The Morgan fingerprint density at radius 2 is 0.624 bits per heavy atom. The number of methoxy groups -OCH3 is 1. The number of aliphatic carboxylic acids is 1. The Kier molecular flexibility index (Phi) is 72.8. The fourth-order valence-corrected chi connectivity index (χ4v) is 22.0. The molecule has 1 amide bonds. The minimum absolute atomic E-state index is 0.0232. The van der Waals surface area contributed by atoms with Crippen molar-refractivity contribution in [1.82, 2.24) is 10.2 Å². The molecule has 0 bridgehead atoms. The Morgan fingerprint density at radius 3 is 0.982 bits per heavy atom. The summed E-state index contributed by atoms with van der Waals surface area (Å²) in [6.45, 7) is 42.3. The Labute approximate surface area is 684 Å². The number of carbonyl (C=O) groups excluding carboxylic acids is 2. The molecule has 0 radical (unpaired) electrons. The van der Waals surface area contributed by atoms with Gasteiger partial charge in [-0.05, 0) is 129 Å². The van der Waals surface area contributed by atoms with Gasteiger partial charge in [0.05, 0.1) is 12.0 Å². The van der Waals surface area contributed by atoms with E-state index in [0.29, 0.717) is 43.2 Å². The highest BCUT2D eigenvalue weighted by atomic mass is 16.5. The highest BCUT2D eigenvalue weighted by Crippen LogP contribution is 2.77. The van der Waals surface area contributed by atoms with Crippen molar-refractivity contribution in [2.75, 3.05) is 46.5 Å². The summed E-state index contributed by atoms with van der Waals surface area (Å²) in [6.07, 6.45) is 78.6. The predicted octanol–water partition coefficient (Wildman–Crippen LogP) is 32.2. The predicted molar refractivity (Wildman–Crippen MR) is 480 cm³/mol. The van der Waals surface area contributed by atoms with Crippen molar-refractivity contribution in [2.45, 2.75) is 521 Å². The smallest absolute Gasteiger partial charge is 0.310 e. The standard InChI is InChI=1S/C101H200N2O6/c1-17-25-33-41-49-60-70-86-109-97(105)81-68-58-50-59-69-83-103(85-72-82-102-96(104)87-108-16)84-71-80-95(88(9)73-61-51-42-34-26-18-2)99(89(10)74-62-52-43-35-27-19-3,90(11)75-63-53-44-36-28-20-4)101(93(14)78-66-56-47-39-31-23-7,94(15)79-67-57-48-40-32-24-8)100(98(106)107,91(12)76-64-54-45-37-29-21-5)92(13)77-65-55-46-38-30-22-6/h88-95H,17-87H2,1-16H3,(H,102,104)(H,106,107). The molecule has 0 heterocycles. The van der Waals surface area contributed by atoms with Gasteiger partial charge in [-0.25, -0.2) is 0 Å². The van der Waals surface area contributed by atoms with Crippen LogP contribution in [0.25, 0.3) is 0 Å².